The average Bonchev–Trinajstić information content (AvgIpc) is 3.01. The highest BCUT2D eigenvalue weighted by Gasteiger charge is 2.15. The first-order valence-electron chi connectivity index (χ1n) is 8.05. The summed E-state index contributed by atoms with van der Waals surface area (Å²) < 4.78 is 1.07. The van der Waals surface area contributed by atoms with Gasteiger partial charge in [-0.1, -0.05) is 30.3 Å². The molecule has 1 aliphatic heterocycles. The van der Waals surface area contributed by atoms with Crippen LogP contribution in [0.3, 0.4) is 0 Å². The molecule has 3 aromatic rings. The highest BCUT2D eigenvalue weighted by atomic mass is 16.3. The summed E-state index contributed by atoms with van der Waals surface area (Å²) in [6.45, 7) is 1.88. The highest BCUT2D eigenvalue weighted by molar-refractivity contribution is 5.67. The second-order valence-corrected chi connectivity index (χ2v) is 6.06. The summed E-state index contributed by atoms with van der Waals surface area (Å²) in [5, 5.41) is 12.3. The largest absolute Gasteiger partial charge is 0.494 e. The van der Waals surface area contributed by atoms with Crippen LogP contribution in [0.25, 0.3) is 17.8 Å². The number of para-hydroxylation sites is 1. The number of benzene rings is 2. The molecule has 2 N–H and O–H groups in total. The molecule has 1 aliphatic rings. The predicted octanol–water partition coefficient (Wildman–Crippen LogP) is 0.995. The zero-order chi connectivity index (χ0) is 18.3. The lowest BCUT2D eigenvalue weighted by Crippen LogP contribution is -2.30. The Bertz CT molecular complexity index is 1260. The van der Waals surface area contributed by atoms with Gasteiger partial charge >= 0.3 is 5.69 Å². The molecule has 0 spiro atoms. The summed E-state index contributed by atoms with van der Waals surface area (Å²) in [5.74, 6) is -0.420. The van der Waals surface area contributed by atoms with E-state index >= 15 is 0 Å². The third-order valence-electron chi connectivity index (χ3n) is 4.16. The molecule has 6 heteroatoms. The van der Waals surface area contributed by atoms with E-state index in [0.29, 0.717) is 11.4 Å². The van der Waals surface area contributed by atoms with Crippen molar-refractivity contribution in [3.8, 4) is 11.6 Å². The van der Waals surface area contributed by atoms with Crippen molar-refractivity contribution < 1.29 is 5.11 Å². The van der Waals surface area contributed by atoms with Gasteiger partial charge in [0.05, 0.1) is 16.7 Å². The molecule has 0 saturated heterocycles. The van der Waals surface area contributed by atoms with E-state index in [0.717, 1.165) is 20.7 Å². The van der Waals surface area contributed by atoms with Crippen LogP contribution in [0.2, 0.25) is 0 Å². The first-order chi connectivity index (χ1) is 12.5. The van der Waals surface area contributed by atoms with Gasteiger partial charge in [-0.15, -0.1) is 0 Å². The highest BCUT2D eigenvalue weighted by Crippen LogP contribution is 2.20. The molecule has 4 rings (SSSR count). The minimum absolute atomic E-state index is 0.0195. The molecule has 1 aromatic heterocycles. The number of aromatic hydroxyl groups is 1. The molecule has 0 saturated carbocycles. The summed E-state index contributed by atoms with van der Waals surface area (Å²) in [5.41, 5.74) is 0.545. The van der Waals surface area contributed by atoms with E-state index in [1.807, 2.05) is 43.3 Å². The summed E-state index contributed by atoms with van der Waals surface area (Å²) in [6.07, 6.45) is 3.29. The Morgan fingerprint density at radius 2 is 1.92 bits per heavy atom. The molecular weight excluding hydrogens is 330 g/mol. The molecule has 26 heavy (non-hydrogen) atoms. The van der Waals surface area contributed by atoms with Gasteiger partial charge in [0.1, 0.15) is 5.56 Å². The second kappa shape index (κ2) is 6.00. The Morgan fingerprint density at radius 1 is 1.12 bits per heavy atom. The first-order valence-corrected chi connectivity index (χ1v) is 8.05. The number of allylic oxidation sites excluding steroid dienone is 1. The molecule has 2 aromatic carbocycles. The van der Waals surface area contributed by atoms with Gasteiger partial charge in [0.25, 0.3) is 5.56 Å². The SMILES string of the molecule is Cc1cccc(-n2c(O)c(C=C3C=c4ccccc4=N3)c(=O)[nH]c2=O)c1. The minimum Gasteiger partial charge on any atom is -0.494 e. The van der Waals surface area contributed by atoms with E-state index in [4.69, 9.17) is 0 Å². The summed E-state index contributed by atoms with van der Waals surface area (Å²) in [6, 6.07) is 14.6. The van der Waals surface area contributed by atoms with Crippen LogP contribution in [-0.2, 0) is 0 Å². The smallest absolute Gasteiger partial charge is 0.335 e. The monoisotopic (exact) mass is 345 g/mol. The van der Waals surface area contributed by atoms with Crippen molar-refractivity contribution in [1.82, 2.24) is 9.55 Å². The number of aromatic amines is 1. The third-order valence-corrected chi connectivity index (χ3v) is 4.16. The molecule has 2 heterocycles. The normalized spacial score (nSPS) is 14.0. The number of nitrogens with zero attached hydrogens (tertiary/aromatic N) is 2. The van der Waals surface area contributed by atoms with E-state index in [-0.39, 0.29) is 5.56 Å². The van der Waals surface area contributed by atoms with Crippen molar-refractivity contribution in [2.24, 2.45) is 4.99 Å². The topological polar surface area (TPSA) is 87.4 Å². The van der Waals surface area contributed by atoms with Crippen molar-refractivity contribution >= 4 is 12.2 Å². The average molecular weight is 345 g/mol. The van der Waals surface area contributed by atoms with E-state index < -0.39 is 17.1 Å². The standard InChI is InChI=1S/C20H15N3O3/c1-12-5-4-7-15(9-12)23-19(25)16(18(24)22-20(23)26)11-14-10-13-6-2-3-8-17(13)21-14/h2-11,25H,1H3,(H,22,24,26). The molecular formula is C20H15N3O3. The number of fused-ring (bicyclic) bond motifs is 1. The number of rotatable bonds is 2. The van der Waals surface area contributed by atoms with Crippen LogP contribution in [0.4, 0.5) is 0 Å². The van der Waals surface area contributed by atoms with Crippen LogP contribution in [0.5, 0.6) is 5.88 Å². The van der Waals surface area contributed by atoms with Crippen molar-refractivity contribution in [3.05, 3.63) is 96.8 Å². The van der Waals surface area contributed by atoms with Crippen LogP contribution in [0, 0.1) is 6.92 Å². The molecule has 0 unspecified atom stereocenters. The van der Waals surface area contributed by atoms with E-state index in [9.17, 15) is 14.7 Å². The summed E-state index contributed by atoms with van der Waals surface area (Å²) >= 11 is 0. The molecule has 0 amide bonds. The first kappa shape index (κ1) is 15.8. The molecule has 0 fully saturated rings. The lowest BCUT2D eigenvalue weighted by Gasteiger charge is -2.10. The van der Waals surface area contributed by atoms with Gasteiger partial charge < -0.3 is 5.11 Å². The van der Waals surface area contributed by atoms with Crippen LogP contribution in [0.1, 0.15) is 11.1 Å². The van der Waals surface area contributed by atoms with Crippen LogP contribution in [0.15, 0.2) is 68.8 Å². The molecule has 0 atom stereocenters. The third kappa shape index (κ3) is 2.67. The summed E-state index contributed by atoms with van der Waals surface area (Å²) in [4.78, 5) is 31.2. The van der Waals surface area contributed by atoms with Crippen LogP contribution in [-0.4, -0.2) is 14.7 Å². The van der Waals surface area contributed by atoms with Gasteiger partial charge in [-0.2, -0.15) is 0 Å². The molecule has 0 radical (unpaired) electrons. The van der Waals surface area contributed by atoms with Gasteiger partial charge in [0.2, 0.25) is 5.88 Å². The van der Waals surface area contributed by atoms with Crippen LogP contribution >= 0.6 is 0 Å². The van der Waals surface area contributed by atoms with Gasteiger partial charge in [-0.05, 0) is 42.8 Å². The minimum atomic E-state index is -0.698. The van der Waals surface area contributed by atoms with Gasteiger partial charge in [-0.3, -0.25) is 9.78 Å². The lowest BCUT2D eigenvalue weighted by molar-refractivity contribution is 0.429. The molecule has 128 valence electrons. The molecule has 6 nitrogen and oxygen atoms in total. The van der Waals surface area contributed by atoms with Crippen molar-refractivity contribution in [1.29, 1.82) is 0 Å². The second-order valence-electron chi connectivity index (χ2n) is 6.06. The van der Waals surface area contributed by atoms with Crippen molar-refractivity contribution in [2.45, 2.75) is 6.92 Å². The van der Waals surface area contributed by atoms with Gasteiger partial charge in [0, 0.05) is 5.22 Å². The maximum Gasteiger partial charge on any atom is 0.335 e. The number of hydrogen-bond acceptors (Lipinski definition) is 4. The predicted molar refractivity (Wildman–Crippen MR) is 98.7 cm³/mol. The molecule has 0 bridgehead atoms. The van der Waals surface area contributed by atoms with Gasteiger partial charge in [-0.25, -0.2) is 14.4 Å². The number of aromatic nitrogens is 2. The fourth-order valence-electron chi connectivity index (χ4n) is 2.94. The fraction of sp³-hybridized carbons (Fsp3) is 0.0500. The molecule has 0 aliphatic carbocycles. The number of nitrogens with one attached hydrogen (secondary N) is 1. The lowest BCUT2D eigenvalue weighted by atomic mass is 10.2. The fourth-order valence-corrected chi connectivity index (χ4v) is 2.94. The van der Waals surface area contributed by atoms with E-state index in [1.165, 1.54) is 6.08 Å². The van der Waals surface area contributed by atoms with Crippen molar-refractivity contribution in [3.63, 3.8) is 0 Å². The Morgan fingerprint density at radius 3 is 2.69 bits per heavy atom. The van der Waals surface area contributed by atoms with Crippen LogP contribution < -0.4 is 21.8 Å². The number of hydrogen-bond donors (Lipinski definition) is 2. The number of aryl methyl sites for hydroxylation is 1. The maximum atomic E-state index is 12.2. The Labute approximate surface area is 147 Å². The quantitative estimate of drug-likeness (QED) is 0.726. The zero-order valence-corrected chi connectivity index (χ0v) is 13.9. The Balaban J connectivity index is 1.93. The number of H-pyrrole nitrogens is 1. The van der Waals surface area contributed by atoms with E-state index in [2.05, 4.69) is 9.98 Å². The zero-order valence-electron chi connectivity index (χ0n) is 13.9. The van der Waals surface area contributed by atoms with Gasteiger partial charge in [0.15, 0.2) is 0 Å². The van der Waals surface area contributed by atoms with Crippen molar-refractivity contribution in [2.75, 3.05) is 0 Å². The Kier molecular flexibility index (Phi) is 3.65. The Hall–Kier alpha value is -3.67. The van der Waals surface area contributed by atoms with E-state index in [1.54, 1.807) is 18.2 Å². The maximum absolute atomic E-state index is 12.2. The summed E-state index contributed by atoms with van der Waals surface area (Å²) in [7, 11) is 0.